The van der Waals surface area contributed by atoms with E-state index in [9.17, 15) is 9.59 Å². The maximum absolute atomic E-state index is 12.1. The summed E-state index contributed by atoms with van der Waals surface area (Å²) in [5.74, 6) is 0.585. The Labute approximate surface area is 194 Å². The SMILES string of the molecule is CC(C)c1cc(Nc2nc(N3CCCCC(OC(N)=O)C3)ncc2C(N)=O)cc(C(C)C)n1. The summed E-state index contributed by atoms with van der Waals surface area (Å²) in [4.78, 5) is 39.0. The lowest BCUT2D eigenvalue weighted by molar-refractivity contribution is 0.0998. The van der Waals surface area contributed by atoms with E-state index in [1.54, 1.807) is 0 Å². The van der Waals surface area contributed by atoms with Crippen LogP contribution in [0.1, 0.15) is 80.5 Å². The summed E-state index contributed by atoms with van der Waals surface area (Å²) in [6.45, 7) is 9.44. The van der Waals surface area contributed by atoms with Crippen LogP contribution in [0.4, 0.5) is 22.2 Å². The number of ether oxygens (including phenoxy) is 1. The van der Waals surface area contributed by atoms with Gasteiger partial charge in [-0.1, -0.05) is 27.7 Å². The van der Waals surface area contributed by atoms with E-state index in [1.165, 1.54) is 6.20 Å². The molecule has 2 aromatic heterocycles. The fraction of sp³-hybridized carbons (Fsp3) is 0.522. The zero-order valence-corrected chi connectivity index (χ0v) is 19.7. The first-order valence-corrected chi connectivity index (χ1v) is 11.3. The van der Waals surface area contributed by atoms with Gasteiger partial charge in [-0.15, -0.1) is 0 Å². The fourth-order valence-corrected chi connectivity index (χ4v) is 3.72. The molecule has 178 valence electrons. The van der Waals surface area contributed by atoms with E-state index in [1.807, 2.05) is 17.0 Å². The van der Waals surface area contributed by atoms with E-state index >= 15 is 0 Å². The first-order valence-electron chi connectivity index (χ1n) is 11.3. The van der Waals surface area contributed by atoms with Crippen LogP contribution < -0.4 is 21.7 Å². The average Bonchev–Trinajstić information content (AvgIpc) is 2.98. The van der Waals surface area contributed by atoms with Crippen molar-refractivity contribution in [3.05, 3.63) is 35.3 Å². The molecule has 1 aliphatic heterocycles. The zero-order chi connectivity index (χ0) is 24.1. The number of anilines is 3. The highest BCUT2D eigenvalue weighted by atomic mass is 16.6. The number of pyridine rings is 1. The molecule has 1 atom stereocenters. The first-order chi connectivity index (χ1) is 15.6. The van der Waals surface area contributed by atoms with Crippen molar-refractivity contribution < 1.29 is 14.3 Å². The van der Waals surface area contributed by atoms with Crippen LogP contribution in [0.5, 0.6) is 0 Å². The highest BCUT2D eigenvalue weighted by molar-refractivity contribution is 5.98. The summed E-state index contributed by atoms with van der Waals surface area (Å²) < 4.78 is 5.23. The van der Waals surface area contributed by atoms with Crippen LogP contribution in [0.15, 0.2) is 18.3 Å². The molecule has 1 unspecified atom stereocenters. The molecule has 0 aliphatic carbocycles. The average molecular weight is 456 g/mol. The third-order valence-electron chi connectivity index (χ3n) is 5.55. The minimum absolute atomic E-state index is 0.188. The minimum atomic E-state index is -0.797. The number of hydrogen-bond acceptors (Lipinski definition) is 8. The highest BCUT2D eigenvalue weighted by Crippen LogP contribution is 2.27. The van der Waals surface area contributed by atoms with Crippen LogP contribution in [0, 0.1) is 0 Å². The Morgan fingerprint density at radius 3 is 2.33 bits per heavy atom. The van der Waals surface area contributed by atoms with Gasteiger partial charge in [0, 0.05) is 29.8 Å². The van der Waals surface area contributed by atoms with Gasteiger partial charge in [0.1, 0.15) is 17.5 Å². The number of primary amides is 2. The van der Waals surface area contributed by atoms with E-state index in [2.05, 4.69) is 43.0 Å². The van der Waals surface area contributed by atoms with Crippen molar-refractivity contribution in [1.82, 2.24) is 15.0 Å². The van der Waals surface area contributed by atoms with Gasteiger partial charge < -0.3 is 26.4 Å². The van der Waals surface area contributed by atoms with Crippen molar-refractivity contribution in [3.8, 4) is 0 Å². The molecule has 10 heteroatoms. The molecule has 1 saturated heterocycles. The van der Waals surface area contributed by atoms with Crippen molar-refractivity contribution in [2.75, 3.05) is 23.3 Å². The minimum Gasteiger partial charge on any atom is -0.445 e. The second-order valence-corrected chi connectivity index (χ2v) is 8.94. The highest BCUT2D eigenvalue weighted by Gasteiger charge is 2.24. The van der Waals surface area contributed by atoms with Gasteiger partial charge in [0.2, 0.25) is 5.95 Å². The number of nitrogens with one attached hydrogen (secondary N) is 1. The third kappa shape index (κ3) is 6.30. The van der Waals surface area contributed by atoms with Crippen molar-refractivity contribution >= 4 is 29.5 Å². The molecule has 10 nitrogen and oxygen atoms in total. The quantitative estimate of drug-likeness (QED) is 0.575. The standard InChI is InChI=1S/C23H33N7O3/c1-13(2)18-9-15(10-19(28-18)14(3)4)27-21-17(20(24)31)11-26-23(29-21)30-8-6-5-7-16(12-30)33-22(25)32/h9-11,13-14,16H,5-8,12H2,1-4H3,(H2,24,31)(H2,25,32)(H,26,27,28,29). The van der Waals surface area contributed by atoms with Gasteiger partial charge in [-0.3, -0.25) is 9.78 Å². The third-order valence-corrected chi connectivity index (χ3v) is 5.55. The van der Waals surface area contributed by atoms with Crippen molar-refractivity contribution in [1.29, 1.82) is 0 Å². The molecular weight excluding hydrogens is 422 g/mol. The first kappa shape index (κ1) is 24.2. The zero-order valence-electron chi connectivity index (χ0n) is 19.7. The molecule has 0 spiro atoms. The Kier molecular flexibility index (Phi) is 7.67. The number of nitrogens with zero attached hydrogens (tertiary/aromatic N) is 4. The van der Waals surface area contributed by atoms with Gasteiger partial charge in [0.25, 0.3) is 5.91 Å². The number of aromatic nitrogens is 3. The number of nitrogens with two attached hydrogens (primary N) is 2. The molecule has 0 bridgehead atoms. The molecule has 2 amide bonds. The Morgan fingerprint density at radius 1 is 1.09 bits per heavy atom. The smallest absolute Gasteiger partial charge is 0.404 e. The summed E-state index contributed by atoms with van der Waals surface area (Å²) >= 11 is 0. The predicted octanol–water partition coefficient (Wildman–Crippen LogP) is 3.42. The Balaban J connectivity index is 1.96. The van der Waals surface area contributed by atoms with Crippen LogP contribution in [0.25, 0.3) is 0 Å². The molecule has 5 N–H and O–H groups in total. The van der Waals surface area contributed by atoms with E-state index in [0.717, 1.165) is 36.3 Å². The molecule has 1 fully saturated rings. The lowest BCUT2D eigenvalue weighted by Gasteiger charge is -2.24. The van der Waals surface area contributed by atoms with Crippen molar-refractivity contribution in [2.45, 2.75) is 64.9 Å². The topological polar surface area (TPSA) is 149 Å². The van der Waals surface area contributed by atoms with Gasteiger partial charge in [-0.05, 0) is 43.2 Å². The fourth-order valence-electron chi connectivity index (χ4n) is 3.72. The maximum atomic E-state index is 12.1. The number of hydrogen-bond donors (Lipinski definition) is 3. The summed E-state index contributed by atoms with van der Waals surface area (Å²) in [6.07, 6.45) is 2.79. The van der Waals surface area contributed by atoms with Gasteiger partial charge in [-0.25, -0.2) is 9.78 Å². The molecule has 0 radical (unpaired) electrons. The molecule has 2 aromatic rings. The van der Waals surface area contributed by atoms with E-state index < -0.39 is 12.0 Å². The van der Waals surface area contributed by atoms with Gasteiger partial charge in [0.15, 0.2) is 0 Å². The molecular formula is C23H33N7O3. The summed E-state index contributed by atoms with van der Waals surface area (Å²) in [6, 6.07) is 3.90. The predicted molar refractivity (Wildman–Crippen MR) is 127 cm³/mol. The molecule has 33 heavy (non-hydrogen) atoms. The largest absolute Gasteiger partial charge is 0.445 e. The Bertz CT molecular complexity index is 983. The normalized spacial score (nSPS) is 16.5. The van der Waals surface area contributed by atoms with Crippen LogP contribution >= 0.6 is 0 Å². The van der Waals surface area contributed by atoms with Crippen LogP contribution in [0.3, 0.4) is 0 Å². The number of amides is 2. The monoisotopic (exact) mass is 455 g/mol. The van der Waals surface area contributed by atoms with E-state index in [-0.39, 0.29) is 23.5 Å². The van der Waals surface area contributed by atoms with Gasteiger partial charge >= 0.3 is 6.09 Å². The summed E-state index contributed by atoms with van der Waals surface area (Å²) in [7, 11) is 0. The number of carbonyl (C=O) groups excluding carboxylic acids is 2. The van der Waals surface area contributed by atoms with Crippen molar-refractivity contribution in [3.63, 3.8) is 0 Å². The number of rotatable bonds is 7. The summed E-state index contributed by atoms with van der Waals surface area (Å²) in [5, 5.41) is 3.26. The van der Waals surface area contributed by atoms with Gasteiger partial charge in [0.05, 0.1) is 6.54 Å². The Morgan fingerprint density at radius 2 is 1.76 bits per heavy atom. The summed E-state index contributed by atoms with van der Waals surface area (Å²) in [5.41, 5.74) is 13.7. The maximum Gasteiger partial charge on any atom is 0.404 e. The molecule has 1 aliphatic rings. The lowest BCUT2D eigenvalue weighted by atomic mass is 10.0. The van der Waals surface area contributed by atoms with E-state index in [4.69, 9.17) is 21.2 Å². The van der Waals surface area contributed by atoms with Gasteiger partial charge in [-0.2, -0.15) is 4.98 Å². The van der Waals surface area contributed by atoms with Crippen LogP contribution in [-0.4, -0.2) is 46.1 Å². The number of carbonyl (C=O) groups is 2. The molecule has 3 rings (SSSR count). The van der Waals surface area contributed by atoms with E-state index in [0.29, 0.717) is 24.9 Å². The van der Waals surface area contributed by atoms with Crippen LogP contribution in [-0.2, 0) is 4.74 Å². The molecule has 3 heterocycles. The second kappa shape index (κ2) is 10.5. The van der Waals surface area contributed by atoms with Crippen molar-refractivity contribution in [2.24, 2.45) is 11.5 Å². The second-order valence-electron chi connectivity index (χ2n) is 8.94. The molecule has 0 saturated carbocycles. The molecule has 0 aromatic carbocycles. The Hall–Kier alpha value is -3.43. The van der Waals surface area contributed by atoms with Crippen LogP contribution in [0.2, 0.25) is 0 Å². The lowest BCUT2D eigenvalue weighted by Crippen LogP contribution is -2.36.